The Morgan fingerprint density at radius 3 is 2.60 bits per heavy atom. The Balaban J connectivity index is 1.28. The molecule has 2 aromatic carbocycles. The van der Waals surface area contributed by atoms with Crippen LogP contribution in [0, 0.1) is 11.6 Å². The molecule has 0 bridgehead atoms. The number of aromatic nitrogens is 3. The number of benzene rings is 2. The molecular weight excluding hydrogens is 512 g/mol. The van der Waals surface area contributed by atoms with Crippen LogP contribution in [0.15, 0.2) is 48.8 Å². The lowest BCUT2D eigenvalue weighted by atomic mass is 9.95. The van der Waals surface area contributed by atoms with Gasteiger partial charge in [0, 0.05) is 23.0 Å². The van der Waals surface area contributed by atoms with Crippen molar-refractivity contribution in [2.24, 2.45) is 0 Å². The van der Waals surface area contributed by atoms with Crippen molar-refractivity contribution >= 4 is 21.7 Å². The number of hydrogen-bond acceptors (Lipinski definition) is 7. The molecule has 3 atom stereocenters. The van der Waals surface area contributed by atoms with Crippen molar-refractivity contribution in [1.29, 1.82) is 0 Å². The van der Waals surface area contributed by atoms with Gasteiger partial charge in [-0.1, -0.05) is 30.3 Å². The Labute approximate surface area is 231 Å². The van der Waals surface area contributed by atoms with Crippen LogP contribution in [0.4, 0.5) is 8.78 Å². The molecule has 4 aromatic rings. The Morgan fingerprint density at radius 2 is 1.77 bits per heavy atom. The summed E-state index contributed by atoms with van der Waals surface area (Å²) < 4.78 is 36.3. The van der Waals surface area contributed by atoms with Gasteiger partial charge in [-0.3, -0.25) is 15.2 Å². The van der Waals surface area contributed by atoms with E-state index in [9.17, 15) is 5.11 Å². The second-order valence-corrected chi connectivity index (χ2v) is 11.5. The third-order valence-corrected chi connectivity index (χ3v) is 9.17. The van der Waals surface area contributed by atoms with Crippen molar-refractivity contribution in [3.8, 4) is 6.01 Å². The summed E-state index contributed by atoms with van der Waals surface area (Å²) in [5.74, 6) is -0.846. The van der Waals surface area contributed by atoms with Crippen molar-refractivity contribution in [3.05, 3.63) is 71.7 Å². The average molecular weight is 546 g/mol. The fourth-order valence-electron chi connectivity index (χ4n) is 7.20. The second-order valence-electron chi connectivity index (χ2n) is 11.5. The molecule has 0 radical (unpaired) electrons. The number of nitrogens with one attached hydrogen (secondary N) is 1. The Morgan fingerprint density at radius 1 is 0.975 bits per heavy atom. The Hall–Kier alpha value is -3.27. The number of pyridine rings is 1. The van der Waals surface area contributed by atoms with Crippen LogP contribution in [0.2, 0.25) is 0 Å². The topological polar surface area (TPSA) is 83.4 Å². The molecule has 2 N–H and O–H groups in total. The van der Waals surface area contributed by atoms with E-state index in [-0.39, 0.29) is 28.9 Å². The van der Waals surface area contributed by atoms with E-state index in [1.54, 1.807) is 6.07 Å². The number of halogens is 2. The highest BCUT2D eigenvalue weighted by atomic mass is 19.1. The highest BCUT2D eigenvalue weighted by molar-refractivity contribution is 5.87. The van der Waals surface area contributed by atoms with Crippen LogP contribution >= 0.6 is 0 Å². The van der Waals surface area contributed by atoms with Crippen LogP contribution in [0.1, 0.15) is 68.3 Å². The largest absolute Gasteiger partial charge is 0.461 e. The van der Waals surface area contributed by atoms with E-state index in [0.29, 0.717) is 35.9 Å². The maximum absolute atomic E-state index is 15.1. The third kappa shape index (κ3) is 4.40. The summed E-state index contributed by atoms with van der Waals surface area (Å²) in [7, 11) is 0. The van der Waals surface area contributed by atoms with Gasteiger partial charge in [0.2, 0.25) is 0 Å². The maximum atomic E-state index is 15.1. The summed E-state index contributed by atoms with van der Waals surface area (Å²) in [5, 5.41) is 16.7. The van der Waals surface area contributed by atoms with E-state index in [4.69, 9.17) is 9.72 Å². The van der Waals surface area contributed by atoms with Crippen molar-refractivity contribution in [2.75, 3.05) is 19.7 Å². The second kappa shape index (κ2) is 10.3. The van der Waals surface area contributed by atoms with Gasteiger partial charge in [-0.25, -0.2) is 8.78 Å². The highest BCUT2D eigenvalue weighted by Crippen LogP contribution is 2.40. The zero-order valence-corrected chi connectivity index (χ0v) is 22.3. The van der Waals surface area contributed by atoms with Gasteiger partial charge < -0.3 is 9.84 Å². The fourth-order valence-corrected chi connectivity index (χ4v) is 7.20. The summed E-state index contributed by atoms with van der Waals surface area (Å²) in [5.41, 5.74) is 1.38. The molecular formula is C31H33F2N5O2. The molecule has 0 saturated carbocycles. The Bertz CT molecular complexity index is 1550. The molecule has 3 fully saturated rings. The van der Waals surface area contributed by atoms with Crippen molar-refractivity contribution < 1.29 is 18.6 Å². The van der Waals surface area contributed by atoms with Crippen LogP contribution in [0.5, 0.6) is 6.01 Å². The molecule has 2 aromatic heterocycles. The quantitative estimate of drug-likeness (QED) is 0.348. The molecule has 40 heavy (non-hydrogen) atoms. The number of hydrogen-bond donors (Lipinski definition) is 2. The van der Waals surface area contributed by atoms with E-state index >= 15 is 8.78 Å². The lowest BCUT2D eigenvalue weighted by Gasteiger charge is -2.31. The van der Waals surface area contributed by atoms with Gasteiger partial charge in [-0.2, -0.15) is 9.97 Å². The summed E-state index contributed by atoms with van der Waals surface area (Å²) in [6.45, 7) is 2.59. The normalized spacial score (nSPS) is 24.8. The number of ether oxygens (including phenoxy) is 1. The van der Waals surface area contributed by atoms with E-state index in [1.165, 1.54) is 12.3 Å². The van der Waals surface area contributed by atoms with Crippen molar-refractivity contribution in [2.45, 2.75) is 68.7 Å². The van der Waals surface area contributed by atoms with E-state index < -0.39 is 18.0 Å². The predicted octanol–water partition coefficient (Wildman–Crippen LogP) is 5.38. The first kappa shape index (κ1) is 25.7. The molecule has 5 heterocycles. The molecule has 9 heteroatoms. The maximum Gasteiger partial charge on any atom is 0.317 e. The van der Waals surface area contributed by atoms with E-state index in [1.807, 2.05) is 24.3 Å². The van der Waals surface area contributed by atoms with Gasteiger partial charge in [0.15, 0.2) is 5.82 Å². The van der Waals surface area contributed by atoms with E-state index in [2.05, 4.69) is 20.2 Å². The minimum atomic E-state index is -0.794. The van der Waals surface area contributed by atoms with Gasteiger partial charge in [0.25, 0.3) is 0 Å². The van der Waals surface area contributed by atoms with Gasteiger partial charge in [0.1, 0.15) is 17.9 Å². The number of nitrogens with zero attached hydrogens (tertiary/aromatic N) is 4. The minimum absolute atomic E-state index is 0.0150. The van der Waals surface area contributed by atoms with Crippen LogP contribution in [0.25, 0.3) is 21.7 Å². The first-order chi connectivity index (χ1) is 19.5. The first-order valence-electron chi connectivity index (χ1n) is 14.3. The molecule has 7 nitrogen and oxygen atoms in total. The number of aliphatic hydroxyl groups excluding tert-OH is 1. The molecule has 7 rings (SSSR count). The van der Waals surface area contributed by atoms with Crippen molar-refractivity contribution in [1.82, 2.24) is 25.2 Å². The highest BCUT2D eigenvalue weighted by Gasteiger charge is 2.45. The van der Waals surface area contributed by atoms with Gasteiger partial charge in [-0.05, 0) is 75.1 Å². The molecule has 3 aliphatic heterocycles. The van der Waals surface area contributed by atoms with Crippen LogP contribution in [-0.4, -0.2) is 56.3 Å². The SMILES string of the molecule is OC1CCCC(c2cccc3cccc(F)c23)NC1c1nc(OCC23CCCN2CCC3)nc2c(F)cncc12. The van der Waals surface area contributed by atoms with Gasteiger partial charge in [-0.15, -0.1) is 0 Å². The lowest BCUT2D eigenvalue weighted by molar-refractivity contribution is 0.105. The van der Waals surface area contributed by atoms with Crippen molar-refractivity contribution in [3.63, 3.8) is 0 Å². The monoisotopic (exact) mass is 545 g/mol. The first-order valence-corrected chi connectivity index (χ1v) is 14.3. The lowest BCUT2D eigenvalue weighted by Crippen LogP contribution is -2.43. The predicted molar refractivity (Wildman–Crippen MR) is 148 cm³/mol. The molecule has 0 amide bonds. The van der Waals surface area contributed by atoms with Crippen LogP contribution < -0.4 is 10.1 Å². The fraction of sp³-hybridized carbons (Fsp3) is 0.452. The molecule has 0 spiro atoms. The van der Waals surface area contributed by atoms with Gasteiger partial charge in [0.05, 0.1) is 29.6 Å². The molecule has 3 saturated heterocycles. The molecule has 3 aliphatic rings. The summed E-state index contributed by atoms with van der Waals surface area (Å²) in [6, 6.07) is 10.0. The Kier molecular flexibility index (Phi) is 6.60. The smallest absolute Gasteiger partial charge is 0.317 e. The van der Waals surface area contributed by atoms with Crippen LogP contribution in [0.3, 0.4) is 0 Å². The molecule has 3 unspecified atom stereocenters. The zero-order valence-electron chi connectivity index (χ0n) is 22.3. The summed E-state index contributed by atoms with van der Waals surface area (Å²) >= 11 is 0. The number of rotatable bonds is 5. The average Bonchev–Trinajstić information content (AvgIpc) is 3.48. The molecule has 0 aliphatic carbocycles. The van der Waals surface area contributed by atoms with Crippen LogP contribution in [-0.2, 0) is 0 Å². The number of fused-ring (bicyclic) bond motifs is 3. The summed E-state index contributed by atoms with van der Waals surface area (Å²) in [4.78, 5) is 15.8. The standard InChI is InChI=1S/C31H33F2N5O2/c32-22-9-2-7-19-6-1-8-20(26(19)22)24-10-3-11-25(39)29(35-24)28-21-16-34-17-23(33)27(21)36-30(37-28)40-18-31-12-4-14-38(31)15-5-13-31/h1-2,6-9,16-17,24-25,29,35,39H,3-5,10-15,18H2. The molecule has 208 valence electrons. The number of aliphatic hydroxyl groups is 1. The summed E-state index contributed by atoms with van der Waals surface area (Å²) in [6.07, 6.45) is 8.25. The third-order valence-electron chi connectivity index (χ3n) is 9.17. The van der Waals surface area contributed by atoms with Gasteiger partial charge >= 0.3 is 6.01 Å². The van der Waals surface area contributed by atoms with E-state index in [0.717, 1.165) is 62.3 Å². The minimum Gasteiger partial charge on any atom is -0.461 e. The zero-order chi connectivity index (χ0) is 27.3.